The van der Waals surface area contributed by atoms with Gasteiger partial charge in [0.15, 0.2) is 0 Å². The Bertz CT molecular complexity index is 449. The SMILES string of the molecule is CC#CCCOc1cc(C#N)cc(OC)c1. The maximum Gasteiger partial charge on any atom is 0.124 e. The highest BCUT2D eigenvalue weighted by molar-refractivity contribution is 5.43. The highest BCUT2D eigenvalue weighted by Crippen LogP contribution is 2.22. The summed E-state index contributed by atoms with van der Waals surface area (Å²) in [6.45, 7) is 2.30. The molecule has 0 aliphatic carbocycles. The molecule has 0 bridgehead atoms. The van der Waals surface area contributed by atoms with E-state index in [1.165, 1.54) is 0 Å². The first kappa shape index (κ1) is 11.9. The summed E-state index contributed by atoms with van der Waals surface area (Å²) in [6.07, 6.45) is 0.676. The molecule has 0 unspecified atom stereocenters. The predicted molar refractivity (Wildman–Crippen MR) is 61.3 cm³/mol. The number of nitriles is 1. The lowest BCUT2D eigenvalue weighted by atomic mass is 10.2. The third-order valence-corrected chi connectivity index (χ3v) is 1.92. The number of hydrogen-bond donors (Lipinski definition) is 0. The van der Waals surface area contributed by atoms with Crippen LogP contribution in [0, 0.1) is 23.2 Å². The second-order valence-electron chi connectivity index (χ2n) is 3.03. The molecule has 0 saturated heterocycles. The Kier molecular flexibility index (Phi) is 4.76. The summed E-state index contributed by atoms with van der Waals surface area (Å²) in [5.41, 5.74) is 0.524. The van der Waals surface area contributed by atoms with Crippen molar-refractivity contribution in [1.82, 2.24) is 0 Å². The molecule has 0 aliphatic heterocycles. The Balaban J connectivity index is 2.71. The van der Waals surface area contributed by atoms with Gasteiger partial charge >= 0.3 is 0 Å². The van der Waals surface area contributed by atoms with E-state index in [0.717, 1.165) is 0 Å². The van der Waals surface area contributed by atoms with Gasteiger partial charge in [0.25, 0.3) is 0 Å². The second kappa shape index (κ2) is 6.37. The van der Waals surface area contributed by atoms with Crippen molar-refractivity contribution in [2.24, 2.45) is 0 Å². The number of methoxy groups -OCH3 is 1. The van der Waals surface area contributed by atoms with E-state index >= 15 is 0 Å². The monoisotopic (exact) mass is 215 g/mol. The van der Waals surface area contributed by atoms with Crippen LogP contribution in [0.15, 0.2) is 18.2 Å². The van der Waals surface area contributed by atoms with Crippen LogP contribution < -0.4 is 9.47 Å². The van der Waals surface area contributed by atoms with Gasteiger partial charge in [-0.05, 0) is 19.1 Å². The van der Waals surface area contributed by atoms with Gasteiger partial charge in [-0.25, -0.2) is 0 Å². The van der Waals surface area contributed by atoms with E-state index < -0.39 is 0 Å². The van der Waals surface area contributed by atoms with Crippen LogP contribution in [0.3, 0.4) is 0 Å². The van der Waals surface area contributed by atoms with Gasteiger partial charge in [-0.2, -0.15) is 5.26 Å². The average molecular weight is 215 g/mol. The lowest BCUT2D eigenvalue weighted by Crippen LogP contribution is -1.97. The molecular weight excluding hydrogens is 202 g/mol. The van der Waals surface area contributed by atoms with Gasteiger partial charge in [0.2, 0.25) is 0 Å². The number of ether oxygens (including phenoxy) is 2. The fourth-order valence-electron chi connectivity index (χ4n) is 1.18. The summed E-state index contributed by atoms with van der Waals surface area (Å²) in [5.74, 6) is 6.95. The van der Waals surface area contributed by atoms with Gasteiger partial charge < -0.3 is 9.47 Å². The molecule has 0 fully saturated rings. The van der Waals surface area contributed by atoms with Crippen molar-refractivity contribution in [3.63, 3.8) is 0 Å². The minimum absolute atomic E-state index is 0.513. The van der Waals surface area contributed by atoms with Crippen LogP contribution in [0.2, 0.25) is 0 Å². The van der Waals surface area contributed by atoms with Crippen molar-refractivity contribution < 1.29 is 9.47 Å². The number of nitrogens with zero attached hydrogens (tertiary/aromatic N) is 1. The Labute approximate surface area is 95.6 Å². The highest BCUT2D eigenvalue weighted by Gasteiger charge is 2.01. The fraction of sp³-hybridized carbons (Fsp3) is 0.308. The second-order valence-corrected chi connectivity index (χ2v) is 3.03. The van der Waals surface area contributed by atoms with E-state index in [9.17, 15) is 0 Å². The van der Waals surface area contributed by atoms with Crippen LogP contribution in [-0.2, 0) is 0 Å². The van der Waals surface area contributed by atoms with E-state index in [1.807, 2.05) is 0 Å². The third kappa shape index (κ3) is 3.55. The number of hydrogen-bond acceptors (Lipinski definition) is 3. The van der Waals surface area contributed by atoms with Crippen LogP contribution >= 0.6 is 0 Å². The van der Waals surface area contributed by atoms with Crippen LogP contribution in [0.5, 0.6) is 11.5 Å². The van der Waals surface area contributed by atoms with Crippen molar-refractivity contribution in [2.45, 2.75) is 13.3 Å². The zero-order valence-electron chi connectivity index (χ0n) is 9.41. The molecule has 0 spiro atoms. The molecule has 0 radical (unpaired) electrons. The van der Waals surface area contributed by atoms with Gasteiger partial charge in [-0.15, -0.1) is 11.8 Å². The summed E-state index contributed by atoms with van der Waals surface area (Å²) in [6, 6.07) is 7.15. The van der Waals surface area contributed by atoms with E-state index in [0.29, 0.717) is 30.1 Å². The van der Waals surface area contributed by atoms with Gasteiger partial charge in [0.05, 0.1) is 25.3 Å². The lowest BCUT2D eigenvalue weighted by Gasteiger charge is -2.06. The van der Waals surface area contributed by atoms with E-state index in [2.05, 4.69) is 17.9 Å². The van der Waals surface area contributed by atoms with Crippen LogP contribution in [0.1, 0.15) is 18.9 Å². The predicted octanol–water partition coefficient (Wildman–Crippen LogP) is 2.36. The van der Waals surface area contributed by atoms with E-state index in [1.54, 1.807) is 32.2 Å². The van der Waals surface area contributed by atoms with Crippen molar-refractivity contribution in [3.05, 3.63) is 23.8 Å². The smallest absolute Gasteiger partial charge is 0.124 e. The molecule has 3 heteroatoms. The average Bonchev–Trinajstić information content (AvgIpc) is 2.34. The zero-order chi connectivity index (χ0) is 11.8. The molecule has 0 aromatic heterocycles. The van der Waals surface area contributed by atoms with Gasteiger partial charge in [0.1, 0.15) is 11.5 Å². The fourth-order valence-corrected chi connectivity index (χ4v) is 1.18. The lowest BCUT2D eigenvalue weighted by molar-refractivity contribution is 0.324. The zero-order valence-corrected chi connectivity index (χ0v) is 9.41. The first-order chi connectivity index (χ1) is 7.80. The highest BCUT2D eigenvalue weighted by atomic mass is 16.5. The van der Waals surface area contributed by atoms with Crippen molar-refractivity contribution in [2.75, 3.05) is 13.7 Å². The quantitative estimate of drug-likeness (QED) is 0.572. The number of benzene rings is 1. The molecule has 0 atom stereocenters. The minimum Gasteiger partial charge on any atom is -0.497 e. The first-order valence-corrected chi connectivity index (χ1v) is 4.91. The maximum absolute atomic E-state index is 8.81. The Morgan fingerprint density at radius 2 is 2.00 bits per heavy atom. The molecule has 0 heterocycles. The molecule has 1 rings (SSSR count). The van der Waals surface area contributed by atoms with Gasteiger partial charge in [-0.3, -0.25) is 0 Å². The van der Waals surface area contributed by atoms with E-state index in [-0.39, 0.29) is 0 Å². The summed E-state index contributed by atoms with van der Waals surface area (Å²) in [7, 11) is 1.56. The Hall–Kier alpha value is -2.13. The van der Waals surface area contributed by atoms with Crippen LogP contribution in [0.4, 0.5) is 0 Å². The molecule has 3 nitrogen and oxygen atoms in total. The largest absolute Gasteiger partial charge is 0.497 e. The van der Waals surface area contributed by atoms with E-state index in [4.69, 9.17) is 14.7 Å². The van der Waals surface area contributed by atoms with Gasteiger partial charge in [0, 0.05) is 12.5 Å². The molecule has 0 aliphatic rings. The molecular formula is C13H13NO2. The van der Waals surface area contributed by atoms with Crippen molar-refractivity contribution in [1.29, 1.82) is 5.26 Å². The first-order valence-electron chi connectivity index (χ1n) is 4.91. The molecule has 0 N–H and O–H groups in total. The minimum atomic E-state index is 0.513. The Morgan fingerprint density at radius 1 is 1.25 bits per heavy atom. The summed E-state index contributed by atoms with van der Waals surface area (Å²) >= 11 is 0. The standard InChI is InChI=1S/C13H13NO2/c1-3-4-5-6-16-13-8-11(10-14)7-12(9-13)15-2/h7-9H,5-6H2,1-2H3. The van der Waals surface area contributed by atoms with Gasteiger partial charge in [-0.1, -0.05) is 0 Å². The molecule has 16 heavy (non-hydrogen) atoms. The van der Waals surface area contributed by atoms with Crippen molar-refractivity contribution >= 4 is 0 Å². The normalized spacial score (nSPS) is 8.56. The molecule has 0 saturated carbocycles. The molecule has 0 amide bonds. The molecule has 1 aromatic carbocycles. The summed E-state index contributed by atoms with van der Waals surface area (Å²) in [5, 5.41) is 8.81. The Morgan fingerprint density at radius 3 is 2.62 bits per heavy atom. The van der Waals surface area contributed by atoms with Crippen LogP contribution in [0.25, 0.3) is 0 Å². The summed E-state index contributed by atoms with van der Waals surface area (Å²) in [4.78, 5) is 0. The topological polar surface area (TPSA) is 42.2 Å². The van der Waals surface area contributed by atoms with Crippen molar-refractivity contribution in [3.8, 4) is 29.4 Å². The summed E-state index contributed by atoms with van der Waals surface area (Å²) < 4.78 is 10.5. The molecule has 82 valence electrons. The molecule has 1 aromatic rings. The maximum atomic E-state index is 8.81. The third-order valence-electron chi connectivity index (χ3n) is 1.92. The number of rotatable bonds is 4. The van der Waals surface area contributed by atoms with Crippen LogP contribution in [-0.4, -0.2) is 13.7 Å².